The van der Waals surface area contributed by atoms with Gasteiger partial charge in [0.2, 0.25) is 0 Å². The molecule has 1 aromatic rings. The molecule has 1 aromatic carbocycles. The van der Waals surface area contributed by atoms with E-state index in [1.54, 1.807) is 0 Å². The van der Waals surface area contributed by atoms with E-state index >= 15 is 0 Å². The van der Waals surface area contributed by atoms with Gasteiger partial charge < -0.3 is 15.1 Å². The number of aliphatic hydroxyl groups is 1. The van der Waals surface area contributed by atoms with Crippen molar-refractivity contribution >= 4 is 11.7 Å². The molecule has 2 N–H and O–H groups in total. The summed E-state index contributed by atoms with van der Waals surface area (Å²) < 4.78 is 37.2. The number of hydrogen-bond donors (Lipinski definition) is 2. The minimum atomic E-state index is -4.65. The first-order chi connectivity index (χ1) is 9.29. The number of alkyl halides is 3. The Bertz CT molecular complexity index is 516. The summed E-state index contributed by atoms with van der Waals surface area (Å²) in [5.74, 6) is -1.07. The lowest BCUT2D eigenvalue weighted by atomic mass is 9.99. The fraction of sp³-hybridized carbons (Fsp3) is 0.462. The van der Waals surface area contributed by atoms with E-state index in [4.69, 9.17) is 10.2 Å². The van der Waals surface area contributed by atoms with Gasteiger partial charge in [-0.2, -0.15) is 13.2 Å². The van der Waals surface area contributed by atoms with Crippen LogP contribution in [0.3, 0.4) is 0 Å². The third kappa shape index (κ3) is 3.04. The van der Waals surface area contributed by atoms with E-state index in [1.165, 1.54) is 23.1 Å². The number of aromatic carboxylic acids is 1. The Labute approximate surface area is 113 Å². The standard InChI is InChI=1S/C13H14F3NO3/c14-13(15,16)11(18)7-17-5-1-2-8-6-9(12(19)20)3-4-10(8)17/h3-4,6,11,18H,1-2,5,7H2,(H,19,20). The molecule has 1 heterocycles. The Balaban J connectivity index is 2.23. The third-order valence-corrected chi connectivity index (χ3v) is 3.31. The maximum Gasteiger partial charge on any atom is 0.416 e. The number of carboxylic acids is 1. The molecule has 20 heavy (non-hydrogen) atoms. The van der Waals surface area contributed by atoms with Crippen LogP contribution >= 0.6 is 0 Å². The number of benzene rings is 1. The van der Waals surface area contributed by atoms with Crippen LogP contribution in [0.25, 0.3) is 0 Å². The number of β-amino-alcohol motifs (C(OH)–C–C–N with tert-alkyl or cyclic N) is 1. The number of aryl methyl sites for hydroxylation is 1. The fourth-order valence-electron chi connectivity index (χ4n) is 2.31. The second kappa shape index (κ2) is 5.32. The molecule has 0 spiro atoms. The average Bonchev–Trinajstić information content (AvgIpc) is 2.37. The Morgan fingerprint density at radius 1 is 1.40 bits per heavy atom. The molecule has 110 valence electrons. The van der Waals surface area contributed by atoms with Crippen molar-refractivity contribution in [2.45, 2.75) is 25.1 Å². The first-order valence-corrected chi connectivity index (χ1v) is 6.15. The first-order valence-electron chi connectivity index (χ1n) is 6.15. The smallest absolute Gasteiger partial charge is 0.416 e. The van der Waals surface area contributed by atoms with Crippen molar-refractivity contribution in [1.29, 1.82) is 0 Å². The van der Waals surface area contributed by atoms with Crippen molar-refractivity contribution in [3.63, 3.8) is 0 Å². The van der Waals surface area contributed by atoms with Gasteiger partial charge >= 0.3 is 12.1 Å². The van der Waals surface area contributed by atoms with Crippen molar-refractivity contribution < 1.29 is 28.2 Å². The summed E-state index contributed by atoms with van der Waals surface area (Å²) in [6.07, 6.45) is -5.82. The normalized spacial score (nSPS) is 16.7. The first kappa shape index (κ1) is 14.6. The van der Waals surface area contributed by atoms with Crippen molar-refractivity contribution in [3.8, 4) is 0 Å². The average molecular weight is 289 g/mol. The lowest BCUT2D eigenvalue weighted by molar-refractivity contribution is -0.200. The summed E-state index contributed by atoms with van der Waals surface area (Å²) in [4.78, 5) is 12.3. The fourth-order valence-corrected chi connectivity index (χ4v) is 2.31. The van der Waals surface area contributed by atoms with Gasteiger partial charge in [-0.25, -0.2) is 4.79 Å². The summed E-state index contributed by atoms with van der Waals surface area (Å²) in [5, 5.41) is 18.0. The molecule has 0 saturated carbocycles. The van der Waals surface area contributed by atoms with Gasteiger partial charge in [0, 0.05) is 12.2 Å². The van der Waals surface area contributed by atoms with E-state index in [0.29, 0.717) is 30.6 Å². The largest absolute Gasteiger partial charge is 0.478 e. The summed E-state index contributed by atoms with van der Waals surface area (Å²) in [7, 11) is 0. The van der Waals surface area contributed by atoms with E-state index in [9.17, 15) is 18.0 Å². The van der Waals surface area contributed by atoms with Crippen LogP contribution in [0.2, 0.25) is 0 Å². The van der Waals surface area contributed by atoms with E-state index in [0.717, 1.165) is 0 Å². The van der Waals surface area contributed by atoms with E-state index < -0.39 is 24.8 Å². The molecule has 1 unspecified atom stereocenters. The lowest BCUT2D eigenvalue weighted by Gasteiger charge is -2.33. The van der Waals surface area contributed by atoms with Gasteiger partial charge in [-0.1, -0.05) is 0 Å². The predicted octanol–water partition coefficient (Wildman–Crippen LogP) is 2.06. The molecule has 0 saturated heterocycles. The zero-order valence-electron chi connectivity index (χ0n) is 10.5. The van der Waals surface area contributed by atoms with Crippen LogP contribution < -0.4 is 4.90 Å². The topological polar surface area (TPSA) is 60.8 Å². The van der Waals surface area contributed by atoms with Crippen molar-refractivity contribution in [2.75, 3.05) is 18.0 Å². The van der Waals surface area contributed by atoms with Crippen LogP contribution in [-0.4, -0.2) is 41.6 Å². The molecule has 0 aliphatic carbocycles. The molecule has 1 aliphatic rings. The van der Waals surface area contributed by atoms with Crippen LogP contribution in [0, 0.1) is 0 Å². The van der Waals surface area contributed by atoms with E-state index in [1.807, 2.05) is 0 Å². The Morgan fingerprint density at radius 3 is 2.70 bits per heavy atom. The monoisotopic (exact) mass is 289 g/mol. The molecule has 0 bridgehead atoms. The molecule has 0 aromatic heterocycles. The zero-order valence-corrected chi connectivity index (χ0v) is 10.5. The zero-order chi connectivity index (χ0) is 14.9. The minimum Gasteiger partial charge on any atom is -0.478 e. The van der Waals surface area contributed by atoms with E-state index in [2.05, 4.69) is 0 Å². The molecule has 7 heteroatoms. The van der Waals surface area contributed by atoms with Crippen LogP contribution in [0.15, 0.2) is 18.2 Å². The van der Waals surface area contributed by atoms with Gasteiger partial charge in [-0.05, 0) is 36.6 Å². The van der Waals surface area contributed by atoms with Crippen molar-refractivity contribution in [2.24, 2.45) is 0 Å². The Kier molecular flexibility index (Phi) is 3.89. The number of hydrogen-bond acceptors (Lipinski definition) is 3. The van der Waals surface area contributed by atoms with Crippen LogP contribution in [0.4, 0.5) is 18.9 Å². The van der Waals surface area contributed by atoms with Gasteiger partial charge in [0.25, 0.3) is 0 Å². The molecule has 0 radical (unpaired) electrons. The van der Waals surface area contributed by atoms with Gasteiger partial charge in [0.05, 0.1) is 12.1 Å². The molecular weight excluding hydrogens is 275 g/mol. The number of rotatable bonds is 3. The molecule has 1 atom stereocenters. The van der Waals surface area contributed by atoms with Crippen molar-refractivity contribution in [1.82, 2.24) is 0 Å². The molecular formula is C13H14F3NO3. The maximum atomic E-state index is 12.4. The second-order valence-electron chi connectivity index (χ2n) is 4.76. The summed E-state index contributed by atoms with van der Waals surface area (Å²) >= 11 is 0. The highest BCUT2D eigenvalue weighted by atomic mass is 19.4. The number of carboxylic acid groups (broad SMARTS) is 1. The predicted molar refractivity (Wildman–Crippen MR) is 66.0 cm³/mol. The minimum absolute atomic E-state index is 0.113. The van der Waals surface area contributed by atoms with Crippen LogP contribution in [0.5, 0.6) is 0 Å². The van der Waals surface area contributed by atoms with Gasteiger partial charge in [-0.15, -0.1) is 0 Å². The molecule has 4 nitrogen and oxygen atoms in total. The highest BCUT2D eigenvalue weighted by molar-refractivity contribution is 5.88. The molecule has 1 aliphatic heterocycles. The summed E-state index contributed by atoms with van der Waals surface area (Å²) in [6.45, 7) is -0.129. The van der Waals surface area contributed by atoms with Gasteiger partial charge in [-0.3, -0.25) is 0 Å². The number of anilines is 1. The highest BCUT2D eigenvalue weighted by Gasteiger charge is 2.39. The molecule has 0 fully saturated rings. The summed E-state index contributed by atoms with van der Waals surface area (Å²) in [6, 6.07) is 4.34. The lowest BCUT2D eigenvalue weighted by Crippen LogP contribution is -2.43. The summed E-state index contributed by atoms with van der Waals surface area (Å²) in [5.41, 5.74) is 1.37. The van der Waals surface area contributed by atoms with Crippen LogP contribution in [-0.2, 0) is 6.42 Å². The molecule has 2 rings (SSSR count). The third-order valence-electron chi connectivity index (χ3n) is 3.31. The maximum absolute atomic E-state index is 12.4. The Hall–Kier alpha value is -1.76. The van der Waals surface area contributed by atoms with Gasteiger partial charge in [0.1, 0.15) is 0 Å². The SMILES string of the molecule is O=C(O)c1ccc2c(c1)CCCN2CC(O)C(F)(F)F. The number of aliphatic hydroxyl groups excluding tert-OH is 1. The quantitative estimate of drug-likeness (QED) is 0.894. The number of nitrogens with zero attached hydrogens (tertiary/aromatic N) is 1. The van der Waals surface area contributed by atoms with Crippen LogP contribution in [0.1, 0.15) is 22.3 Å². The number of carbonyl (C=O) groups is 1. The number of halogens is 3. The molecule has 0 amide bonds. The highest BCUT2D eigenvalue weighted by Crippen LogP contribution is 2.30. The number of fused-ring (bicyclic) bond motifs is 1. The second-order valence-corrected chi connectivity index (χ2v) is 4.76. The van der Waals surface area contributed by atoms with Crippen molar-refractivity contribution in [3.05, 3.63) is 29.3 Å². The van der Waals surface area contributed by atoms with E-state index in [-0.39, 0.29) is 5.56 Å². The van der Waals surface area contributed by atoms with Gasteiger partial charge in [0.15, 0.2) is 6.10 Å². The Morgan fingerprint density at radius 2 is 2.10 bits per heavy atom.